The summed E-state index contributed by atoms with van der Waals surface area (Å²) in [4.78, 5) is 0.525. The molecule has 2 rings (SSSR count). The number of hydrogen-bond acceptors (Lipinski definition) is 4. The lowest BCUT2D eigenvalue weighted by molar-refractivity contribution is -0.0148. The van der Waals surface area contributed by atoms with E-state index >= 15 is 0 Å². The topological polar surface area (TPSA) is 63.6 Å². The van der Waals surface area contributed by atoms with Crippen LogP contribution in [-0.2, 0) is 14.6 Å². The van der Waals surface area contributed by atoms with Crippen molar-refractivity contribution in [3.63, 3.8) is 0 Å². The summed E-state index contributed by atoms with van der Waals surface area (Å²) >= 11 is 0. The Morgan fingerprint density at radius 1 is 1.30 bits per heavy atom. The zero-order valence-corrected chi connectivity index (χ0v) is 12.7. The van der Waals surface area contributed by atoms with Crippen LogP contribution in [-0.4, -0.2) is 31.8 Å². The molecule has 1 aliphatic rings. The van der Waals surface area contributed by atoms with Gasteiger partial charge in [-0.25, -0.2) is 8.42 Å². The second-order valence-corrected chi connectivity index (χ2v) is 7.07. The fourth-order valence-electron chi connectivity index (χ4n) is 2.23. The van der Waals surface area contributed by atoms with Gasteiger partial charge in [0.1, 0.15) is 6.10 Å². The zero-order valence-electron chi connectivity index (χ0n) is 11.9. The molecule has 110 valence electrons. The normalized spacial score (nSPS) is 24.5. The van der Waals surface area contributed by atoms with Crippen molar-refractivity contribution in [1.82, 2.24) is 0 Å². The smallest absolute Gasteiger partial charge is 0.205 e. The van der Waals surface area contributed by atoms with Crippen molar-refractivity contribution in [2.75, 3.05) is 0 Å². The minimum atomic E-state index is -3.56. The highest BCUT2D eigenvalue weighted by Crippen LogP contribution is 2.32. The largest absolute Gasteiger partial charge is 0.390 e. The summed E-state index contributed by atoms with van der Waals surface area (Å²) in [5, 5.41) is 9.59. The molecule has 0 radical (unpaired) electrons. The number of sulfone groups is 1. The molecule has 0 aliphatic carbocycles. The first-order valence-corrected chi connectivity index (χ1v) is 8.21. The van der Waals surface area contributed by atoms with Gasteiger partial charge in [0.15, 0.2) is 0 Å². The van der Waals surface area contributed by atoms with Gasteiger partial charge in [-0.15, -0.1) is 0 Å². The maximum Gasteiger partial charge on any atom is 0.205 e. The van der Waals surface area contributed by atoms with Gasteiger partial charge in [0.05, 0.1) is 22.0 Å². The Morgan fingerprint density at radius 2 is 1.90 bits per heavy atom. The summed E-state index contributed by atoms with van der Waals surface area (Å²) in [7, 11) is -3.56. The molecule has 5 heteroatoms. The SMILES string of the molecule is CC[C@@H]1O[C@@H]([C@@H](C)O)C=C1S(=O)(=O)c1ccc(C)cc1. The zero-order chi connectivity index (χ0) is 14.9. The Balaban J connectivity index is 2.42. The van der Waals surface area contributed by atoms with E-state index in [1.807, 2.05) is 13.8 Å². The van der Waals surface area contributed by atoms with E-state index in [-0.39, 0.29) is 9.80 Å². The Hall–Kier alpha value is -1.17. The number of rotatable bonds is 4. The van der Waals surface area contributed by atoms with E-state index in [9.17, 15) is 13.5 Å². The molecule has 0 unspecified atom stereocenters. The minimum absolute atomic E-state index is 0.259. The summed E-state index contributed by atoms with van der Waals surface area (Å²) in [6.45, 7) is 5.37. The van der Waals surface area contributed by atoms with E-state index in [0.717, 1.165) is 5.56 Å². The molecular weight excluding hydrogens is 276 g/mol. The van der Waals surface area contributed by atoms with Crippen molar-refractivity contribution in [3.8, 4) is 0 Å². The van der Waals surface area contributed by atoms with E-state index in [2.05, 4.69) is 0 Å². The highest BCUT2D eigenvalue weighted by molar-refractivity contribution is 7.95. The van der Waals surface area contributed by atoms with Gasteiger partial charge in [-0.3, -0.25) is 0 Å². The fraction of sp³-hybridized carbons (Fsp3) is 0.467. The number of aryl methyl sites for hydroxylation is 1. The van der Waals surface area contributed by atoms with E-state index in [4.69, 9.17) is 4.74 Å². The fourth-order valence-corrected chi connectivity index (χ4v) is 3.88. The first-order valence-electron chi connectivity index (χ1n) is 6.73. The van der Waals surface area contributed by atoms with Gasteiger partial charge in [0, 0.05) is 0 Å². The second kappa shape index (κ2) is 5.68. The molecule has 1 aromatic carbocycles. The third kappa shape index (κ3) is 2.80. The number of ether oxygens (including phenoxy) is 1. The maximum absolute atomic E-state index is 12.7. The number of aliphatic hydroxyl groups excluding tert-OH is 1. The second-order valence-electron chi connectivity index (χ2n) is 5.12. The molecule has 0 amide bonds. The number of hydrogen-bond donors (Lipinski definition) is 1. The molecule has 1 aromatic rings. The van der Waals surface area contributed by atoms with Crippen LogP contribution >= 0.6 is 0 Å². The van der Waals surface area contributed by atoms with Crippen molar-refractivity contribution >= 4 is 9.84 Å². The quantitative estimate of drug-likeness (QED) is 0.925. The van der Waals surface area contributed by atoms with Crippen molar-refractivity contribution in [2.45, 2.75) is 50.4 Å². The van der Waals surface area contributed by atoms with E-state index in [1.165, 1.54) is 6.08 Å². The van der Waals surface area contributed by atoms with Crippen LogP contribution in [0.2, 0.25) is 0 Å². The van der Waals surface area contributed by atoms with Gasteiger partial charge < -0.3 is 9.84 Å². The molecule has 1 heterocycles. The van der Waals surface area contributed by atoms with Crippen LogP contribution in [0.5, 0.6) is 0 Å². The predicted molar refractivity (Wildman–Crippen MR) is 77.1 cm³/mol. The molecular formula is C15H20O4S. The first-order chi connectivity index (χ1) is 9.36. The van der Waals surface area contributed by atoms with Crippen molar-refractivity contribution in [1.29, 1.82) is 0 Å². The molecule has 0 saturated carbocycles. The highest BCUT2D eigenvalue weighted by atomic mass is 32.2. The molecule has 20 heavy (non-hydrogen) atoms. The molecule has 4 nitrogen and oxygen atoms in total. The molecule has 1 aliphatic heterocycles. The van der Waals surface area contributed by atoms with Crippen LogP contribution in [0, 0.1) is 6.92 Å². The Bertz CT molecular complexity index is 599. The van der Waals surface area contributed by atoms with Crippen molar-refractivity contribution < 1.29 is 18.3 Å². The Kier molecular flexibility index (Phi) is 4.32. The van der Waals surface area contributed by atoms with Crippen LogP contribution in [0.3, 0.4) is 0 Å². The van der Waals surface area contributed by atoms with Gasteiger partial charge >= 0.3 is 0 Å². The van der Waals surface area contributed by atoms with Gasteiger partial charge in [0.25, 0.3) is 0 Å². The van der Waals surface area contributed by atoms with Crippen LogP contribution in [0.4, 0.5) is 0 Å². The van der Waals surface area contributed by atoms with Gasteiger partial charge in [-0.05, 0) is 38.5 Å². The van der Waals surface area contributed by atoms with Crippen LogP contribution < -0.4 is 0 Å². The van der Waals surface area contributed by atoms with E-state index in [0.29, 0.717) is 6.42 Å². The number of aliphatic hydroxyl groups is 1. The summed E-state index contributed by atoms with van der Waals surface area (Å²) in [5.74, 6) is 0. The molecule has 1 N–H and O–H groups in total. The lowest BCUT2D eigenvalue weighted by atomic mass is 10.2. The van der Waals surface area contributed by atoms with Crippen LogP contribution in [0.15, 0.2) is 40.1 Å². The summed E-state index contributed by atoms with van der Waals surface area (Å²) in [5.41, 5.74) is 1.01. The van der Waals surface area contributed by atoms with Crippen molar-refractivity contribution in [3.05, 3.63) is 40.8 Å². The van der Waals surface area contributed by atoms with Gasteiger partial charge in [-0.2, -0.15) is 0 Å². The highest BCUT2D eigenvalue weighted by Gasteiger charge is 2.36. The maximum atomic E-state index is 12.7. The summed E-state index contributed by atoms with van der Waals surface area (Å²) in [6, 6.07) is 6.76. The van der Waals surface area contributed by atoms with E-state index < -0.39 is 28.1 Å². The van der Waals surface area contributed by atoms with Crippen molar-refractivity contribution in [2.24, 2.45) is 0 Å². The average Bonchev–Trinajstić information content (AvgIpc) is 2.84. The summed E-state index contributed by atoms with van der Waals surface area (Å²) < 4.78 is 30.9. The van der Waals surface area contributed by atoms with Gasteiger partial charge in [0.2, 0.25) is 9.84 Å². The third-order valence-electron chi connectivity index (χ3n) is 3.46. The average molecular weight is 296 g/mol. The summed E-state index contributed by atoms with van der Waals surface area (Å²) in [6.07, 6.45) is 0.319. The monoisotopic (exact) mass is 296 g/mol. The van der Waals surface area contributed by atoms with E-state index in [1.54, 1.807) is 31.2 Å². The first kappa shape index (κ1) is 15.2. The standard InChI is InChI=1S/C15H20O4S/c1-4-13-15(9-14(19-13)11(3)16)20(17,18)12-7-5-10(2)6-8-12/h5-9,11,13-14,16H,4H2,1-3H3/t11-,13+,14-/m1/s1. The molecule has 0 saturated heterocycles. The predicted octanol–water partition coefficient (Wildman–Crippen LogP) is 2.21. The van der Waals surface area contributed by atoms with Gasteiger partial charge in [-0.1, -0.05) is 24.6 Å². The van der Waals surface area contributed by atoms with Crippen LogP contribution in [0.25, 0.3) is 0 Å². The molecule has 0 spiro atoms. The minimum Gasteiger partial charge on any atom is -0.390 e. The molecule has 0 bridgehead atoms. The lowest BCUT2D eigenvalue weighted by Gasteiger charge is -2.16. The molecule has 0 aromatic heterocycles. The Labute approximate surface area is 120 Å². The lowest BCUT2D eigenvalue weighted by Crippen LogP contribution is -2.24. The van der Waals surface area contributed by atoms with Crippen LogP contribution in [0.1, 0.15) is 25.8 Å². The third-order valence-corrected chi connectivity index (χ3v) is 5.37. The number of benzene rings is 1. The molecule has 0 fully saturated rings. The Morgan fingerprint density at radius 3 is 2.40 bits per heavy atom. The molecule has 3 atom stereocenters.